The van der Waals surface area contributed by atoms with E-state index in [-0.39, 0.29) is 16.0 Å². The van der Waals surface area contributed by atoms with E-state index in [0.29, 0.717) is 43.7 Å². The highest BCUT2D eigenvalue weighted by molar-refractivity contribution is 7.91. The van der Waals surface area contributed by atoms with Crippen molar-refractivity contribution in [2.45, 2.75) is 10.6 Å². The Morgan fingerprint density at radius 2 is 2.00 bits per heavy atom. The monoisotopic (exact) mass is 364 g/mol. The minimum atomic E-state index is -3.50. The molecule has 0 aliphatic carbocycles. The highest BCUT2D eigenvalue weighted by atomic mass is 35.5. The summed E-state index contributed by atoms with van der Waals surface area (Å²) in [7, 11) is -3.50. The Kier molecular flexibility index (Phi) is 4.75. The van der Waals surface area contributed by atoms with Crippen LogP contribution in [0.3, 0.4) is 0 Å². The van der Waals surface area contributed by atoms with Crippen molar-refractivity contribution in [2.75, 3.05) is 39.4 Å². The van der Waals surface area contributed by atoms with E-state index in [1.54, 1.807) is 11.0 Å². The second kappa shape index (κ2) is 6.45. The maximum Gasteiger partial charge on any atom is 0.252 e. The summed E-state index contributed by atoms with van der Waals surface area (Å²) >= 11 is 6.87. The average molecular weight is 365 g/mol. The molecule has 1 unspecified atom stereocenters. The van der Waals surface area contributed by atoms with Crippen LogP contribution in [-0.4, -0.2) is 62.9 Å². The third-order valence-electron chi connectivity index (χ3n) is 3.97. The van der Waals surface area contributed by atoms with Gasteiger partial charge in [-0.25, -0.2) is 8.42 Å². The molecule has 3 heterocycles. The van der Waals surface area contributed by atoms with E-state index in [0.717, 1.165) is 17.8 Å². The Balaban J connectivity index is 1.63. The molecule has 3 rings (SSSR count). The molecule has 0 radical (unpaired) electrons. The van der Waals surface area contributed by atoms with Gasteiger partial charge in [-0.15, -0.1) is 11.3 Å². The molecule has 0 aromatic carbocycles. The topological polar surface area (TPSA) is 66.9 Å². The zero-order valence-electron chi connectivity index (χ0n) is 11.9. The smallest absolute Gasteiger partial charge is 0.252 e. The van der Waals surface area contributed by atoms with Crippen molar-refractivity contribution in [3.8, 4) is 0 Å². The second-order valence-corrected chi connectivity index (χ2v) is 9.23. The molecule has 6 nitrogen and oxygen atoms in total. The SMILES string of the molecule is O=C(C1CCOC1)N1CCN(S(=O)(=O)c2ccc(Cl)s2)CC1. The average Bonchev–Trinajstić information content (AvgIpc) is 3.18. The first kappa shape index (κ1) is 16.2. The summed E-state index contributed by atoms with van der Waals surface area (Å²) in [4.78, 5) is 14.0. The normalized spacial score (nSPS) is 23.9. The highest BCUT2D eigenvalue weighted by Crippen LogP contribution is 2.28. The van der Waals surface area contributed by atoms with Gasteiger partial charge in [0.2, 0.25) is 5.91 Å². The molecule has 2 saturated heterocycles. The van der Waals surface area contributed by atoms with Crippen molar-refractivity contribution in [3.63, 3.8) is 0 Å². The molecule has 0 bridgehead atoms. The Hall–Kier alpha value is -0.670. The number of halogens is 1. The van der Waals surface area contributed by atoms with E-state index in [1.807, 2.05) is 0 Å². The number of amides is 1. The van der Waals surface area contributed by atoms with Crippen molar-refractivity contribution in [1.82, 2.24) is 9.21 Å². The highest BCUT2D eigenvalue weighted by Gasteiger charge is 2.34. The van der Waals surface area contributed by atoms with Gasteiger partial charge in [-0.3, -0.25) is 4.79 Å². The first-order valence-corrected chi connectivity index (χ1v) is 9.74. The largest absolute Gasteiger partial charge is 0.381 e. The van der Waals surface area contributed by atoms with Crippen LogP contribution >= 0.6 is 22.9 Å². The van der Waals surface area contributed by atoms with Gasteiger partial charge >= 0.3 is 0 Å². The van der Waals surface area contributed by atoms with Gasteiger partial charge in [0.05, 0.1) is 16.9 Å². The lowest BCUT2D eigenvalue weighted by Crippen LogP contribution is -2.51. The molecule has 0 N–H and O–H groups in total. The first-order valence-electron chi connectivity index (χ1n) is 7.10. The van der Waals surface area contributed by atoms with Crippen LogP contribution in [0.4, 0.5) is 0 Å². The molecule has 1 atom stereocenters. The summed E-state index contributed by atoms with van der Waals surface area (Å²) in [6.07, 6.45) is 0.755. The minimum Gasteiger partial charge on any atom is -0.381 e. The summed E-state index contributed by atoms with van der Waals surface area (Å²) in [5.41, 5.74) is 0. The van der Waals surface area contributed by atoms with Crippen molar-refractivity contribution in [3.05, 3.63) is 16.5 Å². The Bertz CT molecular complexity index is 647. The summed E-state index contributed by atoms with van der Waals surface area (Å²) in [6.45, 7) is 2.59. The van der Waals surface area contributed by atoms with Crippen LogP contribution in [0.25, 0.3) is 0 Å². The summed E-state index contributed by atoms with van der Waals surface area (Å²) in [5, 5.41) is 0. The fourth-order valence-corrected chi connectivity index (χ4v) is 5.76. The lowest BCUT2D eigenvalue weighted by atomic mass is 10.1. The number of carbonyl (C=O) groups excluding carboxylic acids is 1. The number of nitrogens with zero attached hydrogens (tertiary/aromatic N) is 2. The molecular weight excluding hydrogens is 348 g/mol. The molecule has 2 aliphatic heterocycles. The van der Waals surface area contributed by atoms with Crippen LogP contribution in [0.2, 0.25) is 4.34 Å². The van der Waals surface area contributed by atoms with E-state index in [1.165, 1.54) is 10.4 Å². The lowest BCUT2D eigenvalue weighted by Gasteiger charge is -2.34. The molecule has 0 saturated carbocycles. The van der Waals surface area contributed by atoms with Crippen molar-refractivity contribution >= 4 is 38.9 Å². The number of rotatable bonds is 3. The molecule has 1 aromatic heterocycles. The minimum absolute atomic E-state index is 0.0701. The zero-order valence-corrected chi connectivity index (χ0v) is 14.3. The van der Waals surface area contributed by atoms with E-state index in [2.05, 4.69) is 0 Å². The fourth-order valence-electron chi connectivity index (χ4n) is 2.70. The molecule has 1 aromatic rings. The van der Waals surface area contributed by atoms with E-state index < -0.39 is 10.0 Å². The second-order valence-electron chi connectivity index (χ2n) is 5.35. The first-order chi connectivity index (χ1) is 10.5. The third kappa shape index (κ3) is 3.16. The number of piperazine rings is 1. The van der Waals surface area contributed by atoms with Crippen LogP contribution in [0, 0.1) is 5.92 Å². The fraction of sp³-hybridized carbons (Fsp3) is 0.615. The van der Waals surface area contributed by atoms with Gasteiger partial charge in [-0.2, -0.15) is 4.31 Å². The Labute approximate surface area is 138 Å². The van der Waals surface area contributed by atoms with Crippen LogP contribution in [-0.2, 0) is 19.6 Å². The number of thiophene rings is 1. The van der Waals surface area contributed by atoms with Gasteiger partial charge < -0.3 is 9.64 Å². The number of sulfonamides is 1. The summed E-state index contributed by atoms with van der Waals surface area (Å²) < 4.78 is 32.3. The van der Waals surface area contributed by atoms with E-state index in [4.69, 9.17) is 16.3 Å². The lowest BCUT2D eigenvalue weighted by molar-refractivity contribution is -0.136. The predicted molar refractivity (Wildman–Crippen MR) is 83.6 cm³/mol. The number of ether oxygens (including phenoxy) is 1. The van der Waals surface area contributed by atoms with Gasteiger partial charge in [-0.1, -0.05) is 11.6 Å². The van der Waals surface area contributed by atoms with Crippen LogP contribution in [0.1, 0.15) is 6.42 Å². The van der Waals surface area contributed by atoms with Crippen LogP contribution in [0.5, 0.6) is 0 Å². The maximum atomic E-state index is 12.5. The molecule has 22 heavy (non-hydrogen) atoms. The van der Waals surface area contributed by atoms with Crippen molar-refractivity contribution < 1.29 is 17.9 Å². The molecule has 9 heteroatoms. The standard InChI is InChI=1S/C13H17ClN2O4S2/c14-11-1-2-12(21-11)22(18,19)16-6-4-15(5-7-16)13(17)10-3-8-20-9-10/h1-2,10H,3-9H2. The van der Waals surface area contributed by atoms with E-state index >= 15 is 0 Å². The molecular formula is C13H17ClN2O4S2. The van der Waals surface area contributed by atoms with E-state index in [9.17, 15) is 13.2 Å². The number of carbonyl (C=O) groups is 1. The van der Waals surface area contributed by atoms with Crippen molar-refractivity contribution in [2.24, 2.45) is 5.92 Å². The van der Waals surface area contributed by atoms with Gasteiger partial charge in [-0.05, 0) is 18.6 Å². The number of hydrogen-bond donors (Lipinski definition) is 0. The molecule has 2 fully saturated rings. The molecule has 1 amide bonds. The van der Waals surface area contributed by atoms with Gasteiger partial charge in [0.15, 0.2) is 0 Å². The predicted octanol–water partition coefficient (Wildman–Crippen LogP) is 1.27. The van der Waals surface area contributed by atoms with Crippen LogP contribution in [0.15, 0.2) is 16.3 Å². The Morgan fingerprint density at radius 3 is 2.55 bits per heavy atom. The molecule has 122 valence electrons. The third-order valence-corrected chi connectivity index (χ3v) is 7.57. The maximum absolute atomic E-state index is 12.5. The van der Waals surface area contributed by atoms with Gasteiger partial charge in [0.1, 0.15) is 4.21 Å². The van der Waals surface area contributed by atoms with Crippen LogP contribution < -0.4 is 0 Å². The number of hydrogen-bond acceptors (Lipinski definition) is 5. The summed E-state index contributed by atoms with van der Waals surface area (Å²) in [5.74, 6) is 0.00738. The quantitative estimate of drug-likeness (QED) is 0.810. The van der Waals surface area contributed by atoms with Gasteiger partial charge in [0, 0.05) is 32.8 Å². The molecule has 2 aliphatic rings. The van der Waals surface area contributed by atoms with Gasteiger partial charge in [0.25, 0.3) is 10.0 Å². The van der Waals surface area contributed by atoms with Crippen molar-refractivity contribution in [1.29, 1.82) is 0 Å². The molecule has 0 spiro atoms. The zero-order chi connectivity index (χ0) is 15.7. The summed E-state index contributed by atoms with van der Waals surface area (Å²) in [6, 6.07) is 3.11. The Morgan fingerprint density at radius 1 is 1.27 bits per heavy atom.